The molecule has 0 unspecified atom stereocenters. The van der Waals surface area contributed by atoms with Crippen molar-refractivity contribution in [3.05, 3.63) is 29.3 Å². The van der Waals surface area contributed by atoms with Crippen molar-refractivity contribution < 1.29 is 18.0 Å². The van der Waals surface area contributed by atoms with Gasteiger partial charge in [-0.3, -0.25) is 0 Å². The molecule has 0 bridgehead atoms. The molecule has 5 heteroatoms. The molecule has 0 saturated carbocycles. The molecule has 2 N–H and O–H groups in total. The van der Waals surface area contributed by atoms with Gasteiger partial charge in [0.15, 0.2) is 0 Å². The number of hydrogen-bond acceptors (Lipinski definition) is 2. The van der Waals surface area contributed by atoms with Crippen LogP contribution in [-0.4, -0.2) is 6.29 Å². The summed E-state index contributed by atoms with van der Waals surface area (Å²) in [5.74, 6) is 0. The fraction of sp³-hybridized carbons (Fsp3) is 0.364. The second-order valence-electron chi connectivity index (χ2n) is 4.14. The molecular weight excluding hydrogens is 219 g/mol. The zero-order chi connectivity index (χ0) is 12.6. The van der Waals surface area contributed by atoms with Crippen molar-refractivity contribution in [1.29, 1.82) is 0 Å². The maximum atomic E-state index is 12.7. The second kappa shape index (κ2) is 3.81. The quantitative estimate of drug-likeness (QED) is 0.628. The van der Waals surface area contributed by atoms with Gasteiger partial charge in [-0.25, -0.2) is 0 Å². The lowest BCUT2D eigenvalue weighted by Gasteiger charge is -2.23. The van der Waals surface area contributed by atoms with Crippen molar-refractivity contribution >= 4 is 12.0 Å². The van der Waals surface area contributed by atoms with Crippen LogP contribution in [0.1, 0.15) is 25.0 Å². The lowest BCUT2D eigenvalue weighted by Crippen LogP contribution is -2.24. The van der Waals surface area contributed by atoms with Gasteiger partial charge in [0, 0.05) is 11.1 Å². The lowest BCUT2D eigenvalue weighted by molar-refractivity contribution is -0.138. The number of rotatable bonds is 2. The highest BCUT2D eigenvalue weighted by molar-refractivity contribution is 5.69. The number of carbonyl (C=O) groups is 1. The van der Waals surface area contributed by atoms with Crippen LogP contribution >= 0.6 is 0 Å². The number of hydrogen-bond donors (Lipinski definition) is 1. The lowest BCUT2D eigenvalue weighted by atomic mass is 9.83. The topological polar surface area (TPSA) is 43.1 Å². The van der Waals surface area contributed by atoms with E-state index < -0.39 is 17.2 Å². The molecule has 0 aromatic heterocycles. The minimum Gasteiger partial charge on any atom is -0.399 e. The van der Waals surface area contributed by atoms with Crippen LogP contribution in [0.15, 0.2) is 18.2 Å². The first-order chi connectivity index (χ1) is 7.18. The Balaban J connectivity index is 3.46. The summed E-state index contributed by atoms with van der Waals surface area (Å²) in [5, 5.41) is 0. The SMILES string of the molecule is CC(C)(C=O)c1ccc(N)cc1C(F)(F)F. The van der Waals surface area contributed by atoms with Gasteiger partial charge < -0.3 is 10.5 Å². The fourth-order valence-electron chi connectivity index (χ4n) is 1.42. The Hall–Kier alpha value is -1.52. The number of halogens is 3. The van der Waals surface area contributed by atoms with Crippen LogP contribution in [0.4, 0.5) is 18.9 Å². The van der Waals surface area contributed by atoms with Crippen molar-refractivity contribution in [3.63, 3.8) is 0 Å². The van der Waals surface area contributed by atoms with Crippen molar-refractivity contribution in [2.45, 2.75) is 25.4 Å². The van der Waals surface area contributed by atoms with E-state index in [0.717, 1.165) is 6.07 Å². The molecule has 0 aliphatic rings. The molecule has 0 aliphatic carbocycles. The number of alkyl halides is 3. The molecule has 0 fully saturated rings. The minimum atomic E-state index is -4.51. The summed E-state index contributed by atoms with van der Waals surface area (Å²) < 4.78 is 38.2. The van der Waals surface area contributed by atoms with E-state index in [1.807, 2.05) is 0 Å². The maximum Gasteiger partial charge on any atom is 0.416 e. The van der Waals surface area contributed by atoms with Crippen LogP contribution in [0.25, 0.3) is 0 Å². The Morgan fingerprint density at radius 1 is 1.19 bits per heavy atom. The molecule has 0 atom stereocenters. The van der Waals surface area contributed by atoms with Gasteiger partial charge >= 0.3 is 6.18 Å². The van der Waals surface area contributed by atoms with Gasteiger partial charge in [-0.2, -0.15) is 13.2 Å². The number of aldehydes is 1. The van der Waals surface area contributed by atoms with E-state index in [0.29, 0.717) is 6.29 Å². The van der Waals surface area contributed by atoms with E-state index in [2.05, 4.69) is 0 Å². The Kier molecular flexibility index (Phi) is 2.99. The Bertz CT molecular complexity index is 410. The van der Waals surface area contributed by atoms with Crippen LogP contribution < -0.4 is 5.73 Å². The largest absolute Gasteiger partial charge is 0.416 e. The summed E-state index contributed by atoms with van der Waals surface area (Å²) in [6.07, 6.45) is -4.02. The van der Waals surface area contributed by atoms with Crippen LogP contribution in [0.2, 0.25) is 0 Å². The van der Waals surface area contributed by atoms with Gasteiger partial charge in [0.2, 0.25) is 0 Å². The molecule has 88 valence electrons. The molecule has 16 heavy (non-hydrogen) atoms. The van der Waals surface area contributed by atoms with Gasteiger partial charge in [0.05, 0.1) is 5.56 Å². The van der Waals surface area contributed by atoms with E-state index >= 15 is 0 Å². The predicted molar refractivity (Wildman–Crippen MR) is 54.9 cm³/mol. The van der Waals surface area contributed by atoms with Crippen LogP contribution in [0, 0.1) is 0 Å². The monoisotopic (exact) mass is 231 g/mol. The summed E-state index contributed by atoms with van der Waals surface area (Å²) in [4.78, 5) is 10.8. The third kappa shape index (κ3) is 2.35. The number of benzene rings is 1. The molecule has 1 aromatic rings. The first-order valence-electron chi connectivity index (χ1n) is 4.62. The van der Waals surface area contributed by atoms with E-state index in [1.54, 1.807) is 0 Å². The van der Waals surface area contributed by atoms with Gasteiger partial charge in [-0.05, 0) is 31.5 Å². The highest BCUT2D eigenvalue weighted by Crippen LogP contribution is 2.37. The summed E-state index contributed by atoms with van der Waals surface area (Å²) in [7, 11) is 0. The molecule has 1 aromatic carbocycles. The molecule has 0 spiro atoms. The third-order valence-electron chi connectivity index (χ3n) is 2.34. The molecule has 1 rings (SSSR count). The number of nitrogen functional groups attached to an aromatic ring is 1. The van der Waals surface area contributed by atoms with Crippen LogP contribution in [0.5, 0.6) is 0 Å². The molecule has 0 amide bonds. The number of anilines is 1. The zero-order valence-corrected chi connectivity index (χ0v) is 8.93. The number of nitrogens with two attached hydrogens (primary N) is 1. The minimum absolute atomic E-state index is 0.0257. The summed E-state index contributed by atoms with van der Waals surface area (Å²) in [6, 6.07) is 3.45. The van der Waals surface area contributed by atoms with Crippen LogP contribution in [-0.2, 0) is 16.4 Å². The van der Waals surface area contributed by atoms with Gasteiger partial charge in [0.1, 0.15) is 6.29 Å². The normalized spacial score (nSPS) is 12.6. The van der Waals surface area contributed by atoms with Crippen molar-refractivity contribution in [2.24, 2.45) is 0 Å². The standard InChI is InChI=1S/C11H12F3NO/c1-10(2,6-16)8-4-3-7(15)5-9(8)11(12,13)14/h3-6H,15H2,1-2H3. The molecule has 0 heterocycles. The van der Waals surface area contributed by atoms with Crippen molar-refractivity contribution in [3.8, 4) is 0 Å². The van der Waals surface area contributed by atoms with E-state index in [1.165, 1.54) is 26.0 Å². The first kappa shape index (κ1) is 12.5. The van der Waals surface area contributed by atoms with Crippen molar-refractivity contribution in [1.82, 2.24) is 0 Å². The smallest absolute Gasteiger partial charge is 0.399 e. The zero-order valence-electron chi connectivity index (χ0n) is 8.93. The number of carbonyl (C=O) groups excluding carboxylic acids is 1. The summed E-state index contributed by atoms with van der Waals surface area (Å²) in [6.45, 7) is 2.86. The summed E-state index contributed by atoms with van der Waals surface area (Å²) in [5.41, 5.74) is 3.24. The predicted octanol–water partition coefficient (Wildman–Crippen LogP) is 2.76. The Labute approximate surface area is 91.3 Å². The second-order valence-corrected chi connectivity index (χ2v) is 4.14. The Morgan fingerprint density at radius 3 is 2.19 bits per heavy atom. The van der Waals surface area contributed by atoms with Gasteiger partial charge in [-0.15, -0.1) is 0 Å². The molecule has 2 nitrogen and oxygen atoms in total. The van der Waals surface area contributed by atoms with Crippen LogP contribution in [0.3, 0.4) is 0 Å². The molecule has 0 aliphatic heterocycles. The highest BCUT2D eigenvalue weighted by atomic mass is 19.4. The highest BCUT2D eigenvalue weighted by Gasteiger charge is 2.37. The van der Waals surface area contributed by atoms with Crippen molar-refractivity contribution in [2.75, 3.05) is 5.73 Å². The molecular formula is C11H12F3NO. The molecule has 0 radical (unpaired) electrons. The van der Waals surface area contributed by atoms with Gasteiger partial charge in [-0.1, -0.05) is 6.07 Å². The summed E-state index contributed by atoms with van der Waals surface area (Å²) >= 11 is 0. The maximum absolute atomic E-state index is 12.7. The average Bonchev–Trinajstić information content (AvgIpc) is 2.16. The van der Waals surface area contributed by atoms with E-state index in [4.69, 9.17) is 5.73 Å². The average molecular weight is 231 g/mol. The van der Waals surface area contributed by atoms with Gasteiger partial charge in [0.25, 0.3) is 0 Å². The third-order valence-corrected chi connectivity index (χ3v) is 2.34. The molecule has 0 saturated heterocycles. The fourth-order valence-corrected chi connectivity index (χ4v) is 1.42. The first-order valence-corrected chi connectivity index (χ1v) is 4.62. The van der Waals surface area contributed by atoms with E-state index in [-0.39, 0.29) is 11.3 Å². The van der Waals surface area contributed by atoms with E-state index in [9.17, 15) is 18.0 Å². The Morgan fingerprint density at radius 2 is 1.75 bits per heavy atom.